The Bertz CT molecular complexity index is 1040. The number of alkyl halides is 3. The number of Topliss-reactive ketones (excluding diaryl/α,β-unsaturated/α-hetero) is 1. The van der Waals surface area contributed by atoms with Gasteiger partial charge >= 0.3 is 6.18 Å². The highest BCUT2D eigenvalue weighted by Crippen LogP contribution is 2.31. The maximum absolute atomic E-state index is 13.1. The van der Waals surface area contributed by atoms with E-state index >= 15 is 0 Å². The van der Waals surface area contributed by atoms with Gasteiger partial charge in [-0.05, 0) is 55.8 Å². The minimum atomic E-state index is -4.41. The van der Waals surface area contributed by atoms with E-state index in [4.69, 9.17) is 0 Å². The molecule has 3 aromatic rings. The topological polar surface area (TPSA) is 22.0 Å². The highest BCUT2D eigenvalue weighted by molar-refractivity contribution is 9.10. The van der Waals surface area contributed by atoms with Crippen molar-refractivity contribution in [3.63, 3.8) is 0 Å². The maximum atomic E-state index is 13.1. The zero-order valence-electron chi connectivity index (χ0n) is 15.9. The molecule has 0 aliphatic rings. The Morgan fingerprint density at radius 1 is 1.07 bits per heavy atom. The first kappa shape index (κ1) is 21.7. The molecule has 2 aromatic carbocycles. The Kier molecular flexibility index (Phi) is 6.58. The van der Waals surface area contributed by atoms with Gasteiger partial charge in [0, 0.05) is 32.9 Å². The first-order chi connectivity index (χ1) is 13.7. The molecule has 0 atom stereocenters. The molecule has 0 radical (unpaired) electrons. The molecule has 1 aromatic heterocycles. The molecule has 0 aliphatic carbocycles. The molecular weight excluding hydrogens is 463 g/mol. The van der Waals surface area contributed by atoms with Crippen molar-refractivity contribution in [3.05, 3.63) is 87.1 Å². The minimum Gasteiger partial charge on any atom is -0.318 e. The van der Waals surface area contributed by atoms with Gasteiger partial charge in [-0.25, -0.2) is 0 Å². The van der Waals surface area contributed by atoms with Gasteiger partial charge < -0.3 is 4.57 Å². The molecule has 1 heterocycles. The van der Waals surface area contributed by atoms with Gasteiger partial charge in [0.15, 0.2) is 5.78 Å². The van der Waals surface area contributed by atoms with E-state index in [1.165, 1.54) is 17.8 Å². The lowest BCUT2D eigenvalue weighted by atomic mass is 10.1. The summed E-state index contributed by atoms with van der Waals surface area (Å²) in [7, 11) is 0. The van der Waals surface area contributed by atoms with Gasteiger partial charge in [0.2, 0.25) is 0 Å². The van der Waals surface area contributed by atoms with Gasteiger partial charge in [0.05, 0.1) is 11.3 Å². The number of ketones is 1. The third-order valence-electron chi connectivity index (χ3n) is 4.55. The van der Waals surface area contributed by atoms with Crippen LogP contribution in [0.3, 0.4) is 0 Å². The van der Waals surface area contributed by atoms with Crippen LogP contribution in [-0.4, -0.2) is 16.1 Å². The van der Waals surface area contributed by atoms with Crippen molar-refractivity contribution in [1.29, 1.82) is 0 Å². The number of hydrogen-bond donors (Lipinski definition) is 0. The third kappa shape index (κ3) is 5.14. The second kappa shape index (κ2) is 8.79. The van der Waals surface area contributed by atoms with Gasteiger partial charge in [-0.3, -0.25) is 4.79 Å². The summed E-state index contributed by atoms with van der Waals surface area (Å²) in [6.45, 7) is 3.55. The Labute approximate surface area is 180 Å². The quantitative estimate of drug-likeness (QED) is 0.353. The summed E-state index contributed by atoms with van der Waals surface area (Å²) in [5.41, 5.74) is 2.72. The van der Waals surface area contributed by atoms with E-state index in [0.29, 0.717) is 28.5 Å². The Hall–Kier alpha value is -1.99. The molecule has 0 fully saturated rings. The van der Waals surface area contributed by atoms with Crippen LogP contribution in [0.15, 0.2) is 59.1 Å². The van der Waals surface area contributed by atoms with Crippen LogP contribution >= 0.6 is 27.7 Å². The number of carbonyl (C=O) groups excluding carboxylic acids is 1. The first-order valence-corrected chi connectivity index (χ1v) is 10.8. The van der Waals surface area contributed by atoms with Gasteiger partial charge in [-0.15, -0.1) is 11.8 Å². The fourth-order valence-corrected chi connectivity index (χ4v) is 4.53. The molecule has 0 N–H and O–H groups in total. The highest BCUT2D eigenvalue weighted by Gasteiger charge is 2.30. The van der Waals surface area contributed by atoms with E-state index < -0.39 is 11.7 Å². The normalized spacial score (nSPS) is 11.7. The summed E-state index contributed by atoms with van der Waals surface area (Å²) in [4.78, 5) is 12.7. The van der Waals surface area contributed by atoms with Crippen molar-refractivity contribution in [1.82, 2.24) is 4.57 Å². The van der Waals surface area contributed by atoms with Crippen LogP contribution in [0.25, 0.3) is 5.69 Å². The van der Waals surface area contributed by atoms with E-state index in [9.17, 15) is 18.0 Å². The summed E-state index contributed by atoms with van der Waals surface area (Å²) in [5, 5.41) is 0. The lowest BCUT2D eigenvalue weighted by Crippen LogP contribution is -2.08. The monoisotopic (exact) mass is 481 g/mol. The van der Waals surface area contributed by atoms with Crippen molar-refractivity contribution in [3.8, 4) is 5.69 Å². The van der Waals surface area contributed by atoms with Gasteiger partial charge in [0.25, 0.3) is 0 Å². The van der Waals surface area contributed by atoms with Crippen molar-refractivity contribution >= 4 is 33.5 Å². The predicted octanol–water partition coefficient (Wildman–Crippen LogP) is 6.99. The van der Waals surface area contributed by atoms with E-state index in [1.54, 1.807) is 30.5 Å². The SMILES string of the molecule is Cc1cc(C(=O)CSCc2cccc(Br)c2)c(C)n1-c1cccc(C(F)(F)F)c1. The van der Waals surface area contributed by atoms with Crippen LogP contribution in [0.4, 0.5) is 13.2 Å². The van der Waals surface area contributed by atoms with E-state index in [0.717, 1.165) is 27.9 Å². The number of hydrogen-bond acceptors (Lipinski definition) is 2. The average Bonchev–Trinajstić information content (AvgIpc) is 2.95. The van der Waals surface area contributed by atoms with Crippen LogP contribution in [0, 0.1) is 13.8 Å². The van der Waals surface area contributed by atoms with Crippen molar-refractivity contribution in [2.45, 2.75) is 25.8 Å². The average molecular weight is 482 g/mol. The Morgan fingerprint density at radius 3 is 2.48 bits per heavy atom. The van der Waals surface area contributed by atoms with Gasteiger partial charge in [-0.2, -0.15) is 13.2 Å². The van der Waals surface area contributed by atoms with Crippen LogP contribution in [-0.2, 0) is 11.9 Å². The lowest BCUT2D eigenvalue weighted by molar-refractivity contribution is -0.137. The van der Waals surface area contributed by atoms with Crippen LogP contribution < -0.4 is 0 Å². The molecule has 2 nitrogen and oxygen atoms in total. The fraction of sp³-hybridized carbons (Fsp3) is 0.227. The van der Waals surface area contributed by atoms with Crippen LogP contribution in [0.1, 0.15) is 32.9 Å². The van der Waals surface area contributed by atoms with Gasteiger partial charge in [0.1, 0.15) is 0 Å². The standard InChI is InChI=1S/C22H19BrF3NOS/c1-14-9-20(21(28)13-29-12-16-5-3-7-18(23)10-16)15(2)27(14)19-8-4-6-17(11-19)22(24,25)26/h3-11H,12-13H2,1-2H3. The summed E-state index contributed by atoms with van der Waals surface area (Å²) >= 11 is 4.95. The maximum Gasteiger partial charge on any atom is 0.416 e. The molecule has 0 saturated carbocycles. The number of rotatable bonds is 6. The molecule has 3 rings (SSSR count). The van der Waals surface area contributed by atoms with Crippen molar-refractivity contribution in [2.24, 2.45) is 0 Å². The van der Waals surface area contributed by atoms with E-state index in [2.05, 4.69) is 15.9 Å². The molecule has 0 bridgehead atoms. The van der Waals surface area contributed by atoms with Crippen LogP contribution in [0.2, 0.25) is 0 Å². The number of aryl methyl sites for hydroxylation is 1. The Balaban J connectivity index is 1.78. The summed E-state index contributed by atoms with van der Waals surface area (Å²) in [6, 6.07) is 14.8. The number of halogens is 4. The van der Waals surface area contributed by atoms with E-state index in [-0.39, 0.29) is 5.78 Å². The molecule has 7 heteroatoms. The summed E-state index contributed by atoms with van der Waals surface area (Å²) in [5.74, 6) is 0.980. The molecule has 0 unspecified atom stereocenters. The molecule has 29 heavy (non-hydrogen) atoms. The fourth-order valence-electron chi connectivity index (χ4n) is 3.23. The molecule has 0 spiro atoms. The first-order valence-electron chi connectivity index (χ1n) is 8.89. The second-order valence-corrected chi connectivity index (χ2v) is 8.62. The number of carbonyl (C=O) groups is 1. The molecular formula is C22H19BrF3NOS. The zero-order valence-corrected chi connectivity index (χ0v) is 18.3. The second-order valence-electron chi connectivity index (χ2n) is 6.71. The van der Waals surface area contributed by atoms with Gasteiger partial charge in [-0.1, -0.05) is 34.1 Å². The zero-order chi connectivity index (χ0) is 21.2. The number of thioether (sulfide) groups is 1. The smallest absolute Gasteiger partial charge is 0.318 e. The lowest BCUT2D eigenvalue weighted by Gasteiger charge is -2.13. The highest BCUT2D eigenvalue weighted by atomic mass is 79.9. The third-order valence-corrected chi connectivity index (χ3v) is 6.05. The largest absolute Gasteiger partial charge is 0.416 e. The molecule has 0 saturated heterocycles. The van der Waals surface area contributed by atoms with Crippen molar-refractivity contribution < 1.29 is 18.0 Å². The number of benzene rings is 2. The number of nitrogens with zero attached hydrogens (tertiary/aromatic N) is 1. The summed E-state index contributed by atoms with van der Waals surface area (Å²) in [6.07, 6.45) is -4.41. The van der Waals surface area contributed by atoms with E-state index in [1.807, 2.05) is 24.3 Å². The molecule has 152 valence electrons. The summed E-state index contributed by atoms with van der Waals surface area (Å²) < 4.78 is 41.8. The Morgan fingerprint density at radius 2 is 1.79 bits per heavy atom. The minimum absolute atomic E-state index is 0.0312. The number of aromatic nitrogens is 1. The molecule has 0 aliphatic heterocycles. The molecule has 0 amide bonds. The predicted molar refractivity (Wildman–Crippen MR) is 115 cm³/mol. The van der Waals surface area contributed by atoms with Crippen LogP contribution in [0.5, 0.6) is 0 Å². The van der Waals surface area contributed by atoms with Crippen molar-refractivity contribution in [2.75, 3.05) is 5.75 Å².